The van der Waals surface area contributed by atoms with Gasteiger partial charge in [0.15, 0.2) is 0 Å². The zero-order valence-electron chi connectivity index (χ0n) is 7.86. The number of para-hydroxylation sites is 1. The molecule has 4 heteroatoms. The summed E-state index contributed by atoms with van der Waals surface area (Å²) in [5.74, 6) is 0. The summed E-state index contributed by atoms with van der Waals surface area (Å²) in [6, 6.07) is 7.48. The first kappa shape index (κ1) is 10.1. The van der Waals surface area contributed by atoms with E-state index >= 15 is 0 Å². The Balaban J connectivity index is 2.88. The third kappa shape index (κ3) is 3.46. The quantitative estimate of drug-likeness (QED) is 0.732. The van der Waals surface area contributed by atoms with Crippen molar-refractivity contribution >= 4 is 15.4 Å². The molecule has 3 nitrogen and oxygen atoms in total. The Morgan fingerprint density at radius 2 is 2.00 bits per heavy atom. The van der Waals surface area contributed by atoms with Crippen LogP contribution in [0.5, 0.6) is 0 Å². The van der Waals surface area contributed by atoms with Crippen LogP contribution in [0.3, 0.4) is 0 Å². The third-order valence-electron chi connectivity index (χ3n) is 1.60. The van der Waals surface area contributed by atoms with E-state index in [0.29, 0.717) is 12.2 Å². The van der Waals surface area contributed by atoms with E-state index in [2.05, 4.69) is 4.36 Å². The van der Waals surface area contributed by atoms with Gasteiger partial charge >= 0.3 is 0 Å². The fourth-order valence-electron chi connectivity index (χ4n) is 0.903. The molecule has 0 amide bonds. The minimum atomic E-state index is -2.02. The number of rotatable bonds is 2. The molecule has 1 rings (SSSR count). The second-order valence-electron chi connectivity index (χ2n) is 3.17. The standard InChI is InChI=1S/C9H14N2OS/c1-13(2,12)11-7-8-5-3-4-6-9(8)10/h3-6H,7,10H2,1-2H3. The number of nitrogens with two attached hydrogens (primary N) is 1. The average Bonchev–Trinajstić information content (AvgIpc) is 2.01. The van der Waals surface area contributed by atoms with Crippen molar-refractivity contribution in [3.8, 4) is 0 Å². The highest BCUT2D eigenvalue weighted by molar-refractivity contribution is 7.92. The Morgan fingerprint density at radius 3 is 2.54 bits per heavy atom. The maximum Gasteiger partial charge on any atom is 0.0754 e. The predicted octanol–water partition coefficient (Wildman–Crippen LogP) is 1.50. The van der Waals surface area contributed by atoms with E-state index < -0.39 is 9.73 Å². The van der Waals surface area contributed by atoms with Crippen LogP contribution in [0, 0.1) is 0 Å². The molecule has 0 aromatic heterocycles. The van der Waals surface area contributed by atoms with Crippen LogP contribution >= 0.6 is 0 Å². The van der Waals surface area contributed by atoms with Crippen molar-refractivity contribution in [3.63, 3.8) is 0 Å². The molecule has 1 aromatic carbocycles. The summed E-state index contributed by atoms with van der Waals surface area (Å²) < 4.78 is 15.3. The molecule has 0 unspecified atom stereocenters. The first-order valence-corrected chi connectivity index (χ1v) is 6.28. The highest BCUT2D eigenvalue weighted by Gasteiger charge is 1.96. The first-order valence-electron chi connectivity index (χ1n) is 3.95. The summed E-state index contributed by atoms with van der Waals surface area (Å²) in [7, 11) is -2.02. The van der Waals surface area contributed by atoms with Crippen LogP contribution in [-0.2, 0) is 16.3 Å². The molecule has 0 bridgehead atoms. The highest BCUT2D eigenvalue weighted by Crippen LogP contribution is 2.11. The van der Waals surface area contributed by atoms with E-state index in [1.165, 1.54) is 0 Å². The molecule has 0 saturated carbocycles. The smallest absolute Gasteiger partial charge is 0.0754 e. The van der Waals surface area contributed by atoms with Gasteiger partial charge in [-0.15, -0.1) is 0 Å². The molecule has 0 radical (unpaired) electrons. The van der Waals surface area contributed by atoms with Gasteiger partial charge in [-0.05, 0) is 11.6 Å². The summed E-state index contributed by atoms with van der Waals surface area (Å²) >= 11 is 0. The van der Waals surface area contributed by atoms with Crippen LogP contribution in [0.25, 0.3) is 0 Å². The molecule has 0 aliphatic heterocycles. The number of nitrogens with zero attached hydrogens (tertiary/aromatic N) is 1. The van der Waals surface area contributed by atoms with E-state index in [4.69, 9.17) is 5.73 Å². The fraction of sp³-hybridized carbons (Fsp3) is 0.333. The van der Waals surface area contributed by atoms with Crippen molar-refractivity contribution in [2.24, 2.45) is 4.36 Å². The van der Waals surface area contributed by atoms with Gasteiger partial charge in [-0.1, -0.05) is 18.2 Å². The maximum atomic E-state index is 11.3. The Morgan fingerprint density at radius 1 is 1.38 bits per heavy atom. The average molecular weight is 198 g/mol. The normalized spacial score (nSPS) is 11.2. The van der Waals surface area contributed by atoms with Crippen molar-refractivity contribution in [2.45, 2.75) is 6.54 Å². The van der Waals surface area contributed by atoms with Crippen molar-refractivity contribution in [3.05, 3.63) is 29.8 Å². The molecule has 13 heavy (non-hydrogen) atoms. The van der Waals surface area contributed by atoms with Gasteiger partial charge in [-0.25, -0.2) is 4.36 Å². The molecule has 2 N–H and O–H groups in total. The number of benzene rings is 1. The Hall–Kier alpha value is -1.03. The van der Waals surface area contributed by atoms with Crippen LogP contribution in [0.1, 0.15) is 5.56 Å². The Bertz CT molecular complexity index is 398. The molecule has 0 atom stereocenters. The number of hydrogen-bond acceptors (Lipinski definition) is 3. The fourth-order valence-corrected chi connectivity index (χ4v) is 1.35. The monoisotopic (exact) mass is 198 g/mol. The second-order valence-corrected chi connectivity index (χ2v) is 5.79. The first-order chi connectivity index (χ1) is 5.99. The number of nitrogen functional groups attached to an aromatic ring is 1. The van der Waals surface area contributed by atoms with Crippen LogP contribution in [0.15, 0.2) is 28.6 Å². The minimum Gasteiger partial charge on any atom is -0.398 e. The summed E-state index contributed by atoms with van der Waals surface area (Å²) in [5.41, 5.74) is 7.33. The Kier molecular flexibility index (Phi) is 2.93. The molecule has 1 aromatic rings. The SMILES string of the molecule is CS(C)(=O)=NCc1ccccc1N. The van der Waals surface area contributed by atoms with Crippen molar-refractivity contribution in [1.82, 2.24) is 0 Å². The summed E-state index contributed by atoms with van der Waals surface area (Å²) in [5, 5.41) is 0. The molecule has 0 fully saturated rings. The third-order valence-corrected chi connectivity index (χ3v) is 2.35. The van der Waals surface area contributed by atoms with Crippen molar-refractivity contribution < 1.29 is 4.21 Å². The van der Waals surface area contributed by atoms with Crippen molar-refractivity contribution in [1.29, 1.82) is 0 Å². The zero-order chi connectivity index (χ0) is 9.90. The molecule has 0 heterocycles. The van der Waals surface area contributed by atoms with Gasteiger partial charge in [0.25, 0.3) is 0 Å². The topological polar surface area (TPSA) is 55.5 Å². The van der Waals surface area contributed by atoms with Crippen molar-refractivity contribution in [2.75, 3.05) is 18.2 Å². The van der Waals surface area contributed by atoms with Gasteiger partial charge in [-0.3, -0.25) is 4.21 Å². The van der Waals surface area contributed by atoms with Gasteiger partial charge in [0.2, 0.25) is 0 Å². The lowest BCUT2D eigenvalue weighted by molar-refractivity contribution is 0.682. The number of hydrogen-bond donors (Lipinski definition) is 1. The summed E-state index contributed by atoms with van der Waals surface area (Å²) in [6.07, 6.45) is 3.23. The van der Waals surface area contributed by atoms with Gasteiger partial charge in [0.1, 0.15) is 0 Å². The van der Waals surface area contributed by atoms with Crippen LogP contribution in [0.2, 0.25) is 0 Å². The lowest BCUT2D eigenvalue weighted by Gasteiger charge is -2.01. The lowest BCUT2D eigenvalue weighted by atomic mass is 10.2. The number of anilines is 1. The van der Waals surface area contributed by atoms with E-state index in [0.717, 1.165) is 5.56 Å². The zero-order valence-corrected chi connectivity index (χ0v) is 8.67. The van der Waals surface area contributed by atoms with Crippen LogP contribution in [0.4, 0.5) is 5.69 Å². The van der Waals surface area contributed by atoms with E-state index in [-0.39, 0.29) is 0 Å². The molecule has 0 aliphatic rings. The van der Waals surface area contributed by atoms with Gasteiger partial charge < -0.3 is 5.73 Å². The largest absolute Gasteiger partial charge is 0.398 e. The van der Waals surface area contributed by atoms with Crippen LogP contribution in [-0.4, -0.2) is 16.7 Å². The predicted molar refractivity (Wildman–Crippen MR) is 57.0 cm³/mol. The van der Waals surface area contributed by atoms with Gasteiger partial charge in [-0.2, -0.15) is 0 Å². The van der Waals surface area contributed by atoms with Gasteiger partial charge in [0, 0.05) is 27.9 Å². The molecular weight excluding hydrogens is 184 g/mol. The van der Waals surface area contributed by atoms with E-state index in [1.807, 2.05) is 24.3 Å². The molecule has 0 aliphatic carbocycles. The molecule has 0 spiro atoms. The Labute approximate surface area is 79.1 Å². The molecular formula is C9H14N2OS. The molecule has 72 valence electrons. The van der Waals surface area contributed by atoms with E-state index in [9.17, 15) is 4.21 Å². The highest BCUT2D eigenvalue weighted by atomic mass is 32.2. The minimum absolute atomic E-state index is 0.429. The van der Waals surface area contributed by atoms with Gasteiger partial charge in [0.05, 0.1) is 6.54 Å². The lowest BCUT2D eigenvalue weighted by Crippen LogP contribution is -1.96. The second kappa shape index (κ2) is 3.79. The van der Waals surface area contributed by atoms with Crippen LogP contribution < -0.4 is 5.73 Å². The summed E-state index contributed by atoms with van der Waals surface area (Å²) in [6.45, 7) is 0.429. The molecule has 0 saturated heterocycles. The summed E-state index contributed by atoms with van der Waals surface area (Å²) in [4.78, 5) is 0. The maximum absolute atomic E-state index is 11.3. The van der Waals surface area contributed by atoms with E-state index in [1.54, 1.807) is 12.5 Å².